The minimum Gasteiger partial charge on any atom is -0.383 e. The Morgan fingerprint density at radius 2 is 2.36 bits per heavy atom. The Bertz CT molecular complexity index is 444. The molecule has 1 aliphatic rings. The Morgan fingerprint density at radius 1 is 1.57 bits per heavy atom. The number of nitrogens with two attached hydrogens (primary N) is 1. The van der Waals surface area contributed by atoms with Crippen LogP contribution in [0.1, 0.15) is 5.56 Å². The van der Waals surface area contributed by atoms with Crippen LogP contribution in [-0.4, -0.2) is 25.2 Å². The van der Waals surface area contributed by atoms with Gasteiger partial charge in [0, 0.05) is 24.6 Å². The normalized spacial score (nSPS) is 21.1. The summed E-state index contributed by atoms with van der Waals surface area (Å²) in [5, 5.41) is 7.56. The minimum atomic E-state index is -3.46. The van der Waals surface area contributed by atoms with Crippen molar-refractivity contribution in [1.29, 1.82) is 0 Å². The molecule has 0 aliphatic carbocycles. The van der Waals surface area contributed by atoms with Crippen molar-refractivity contribution >= 4 is 15.7 Å². The van der Waals surface area contributed by atoms with Gasteiger partial charge in [-0.05, 0) is 18.1 Å². The van der Waals surface area contributed by atoms with Crippen LogP contribution >= 0.6 is 0 Å². The second kappa shape index (κ2) is 3.21. The van der Waals surface area contributed by atoms with Gasteiger partial charge < -0.3 is 5.32 Å². The number of hydrogen-bond acceptors (Lipinski definition) is 4. The largest absolute Gasteiger partial charge is 0.383 e. The van der Waals surface area contributed by atoms with Gasteiger partial charge in [0.2, 0.25) is 10.0 Å². The van der Waals surface area contributed by atoms with Crippen LogP contribution in [0.4, 0.5) is 5.69 Å². The van der Waals surface area contributed by atoms with Crippen LogP contribution in [0.2, 0.25) is 0 Å². The molecule has 2 heterocycles. The van der Waals surface area contributed by atoms with Crippen LogP contribution in [0.3, 0.4) is 0 Å². The number of primary sulfonamides is 1. The van der Waals surface area contributed by atoms with Gasteiger partial charge in [0.1, 0.15) is 0 Å². The molecule has 0 bridgehead atoms. The predicted octanol–water partition coefficient (Wildman–Crippen LogP) is -0.293. The van der Waals surface area contributed by atoms with Gasteiger partial charge in [0.05, 0.1) is 5.25 Å². The van der Waals surface area contributed by atoms with Gasteiger partial charge in [-0.15, -0.1) is 0 Å². The molecule has 0 amide bonds. The lowest BCUT2D eigenvalue weighted by Gasteiger charge is -2.23. The lowest BCUT2D eigenvalue weighted by molar-refractivity contribution is 0.579. The summed E-state index contributed by atoms with van der Waals surface area (Å²) in [6, 6.07) is 1.83. The van der Waals surface area contributed by atoms with E-state index in [4.69, 9.17) is 5.14 Å². The molecule has 1 unspecified atom stereocenters. The van der Waals surface area contributed by atoms with Crippen LogP contribution in [-0.2, 0) is 16.4 Å². The maximum atomic E-state index is 11.1. The SMILES string of the molecule is NS(=O)(=O)C1CNc2ccncc2C1. The van der Waals surface area contributed by atoms with E-state index in [1.807, 2.05) is 6.07 Å². The van der Waals surface area contributed by atoms with Crippen LogP contribution < -0.4 is 10.5 Å². The summed E-state index contributed by atoms with van der Waals surface area (Å²) in [6.07, 6.45) is 3.78. The maximum Gasteiger partial charge on any atom is 0.214 e. The third-order valence-corrected chi connectivity index (χ3v) is 3.60. The number of anilines is 1. The van der Waals surface area contributed by atoms with E-state index in [1.54, 1.807) is 12.4 Å². The fraction of sp³-hybridized carbons (Fsp3) is 0.375. The first-order valence-corrected chi connectivity index (χ1v) is 5.86. The molecule has 0 aromatic carbocycles. The number of fused-ring (bicyclic) bond motifs is 1. The molecule has 1 aliphatic heterocycles. The van der Waals surface area contributed by atoms with Crippen LogP contribution in [0.25, 0.3) is 0 Å². The molecule has 3 N–H and O–H groups in total. The molecule has 1 atom stereocenters. The molecular weight excluding hydrogens is 202 g/mol. The maximum absolute atomic E-state index is 11.1. The molecule has 6 heteroatoms. The number of nitrogens with one attached hydrogen (secondary N) is 1. The number of aromatic nitrogens is 1. The van der Waals surface area contributed by atoms with Gasteiger partial charge in [-0.25, -0.2) is 13.6 Å². The highest BCUT2D eigenvalue weighted by Gasteiger charge is 2.26. The highest BCUT2D eigenvalue weighted by atomic mass is 32.2. The molecule has 0 saturated heterocycles. The van der Waals surface area contributed by atoms with E-state index in [1.165, 1.54) is 0 Å². The molecule has 1 aromatic heterocycles. The second-order valence-corrected chi connectivity index (χ2v) is 5.17. The van der Waals surface area contributed by atoms with E-state index in [-0.39, 0.29) is 0 Å². The summed E-state index contributed by atoms with van der Waals surface area (Å²) in [7, 11) is -3.46. The lowest BCUT2D eigenvalue weighted by Crippen LogP contribution is -2.39. The standard InChI is InChI=1S/C8H11N3O2S/c9-14(12,13)7-3-6-4-10-2-1-8(6)11-5-7/h1-2,4,7,11H,3,5H2,(H2,9,12,13). The van der Waals surface area contributed by atoms with Gasteiger partial charge >= 0.3 is 0 Å². The van der Waals surface area contributed by atoms with Crippen molar-refractivity contribution in [2.24, 2.45) is 5.14 Å². The van der Waals surface area contributed by atoms with Crippen molar-refractivity contribution in [3.63, 3.8) is 0 Å². The summed E-state index contributed by atoms with van der Waals surface area (Å²) in [5.41, 5.74) is 1.85. The average molecular weight is 213 g/mol. The van der Waals surface area contributed by atoms with E-state index < -0.39 is 15.3 Å². The van der Waals surface area contributed by atoms with Gasteiger partial charge in [-0.3, -0.25) is 4.98 Å². The molecule has 0 spiro atoms. The fourth-order valence-electron chi connectivity index (χ4n) is 1.54. The number of nitrogens with zero attached hydrogens (tertiary/aromatic N) is 1. The lowest BCUT2D eigenvalue weighted by atomic mass is 10.1. The van der Waals surface area contributed by atoms with E-state index in [2.05, 4.69) is 10.3 Å². The summed E-state index contributed by atoms with van der Waals surface area (Å²) in [4.78, 5) is 3.94. The molecule has 0 saturated carbocycles. The molecule has 5 nitrogen and oxygen atoms in total. The minimum absolute atomic E-state index is 0.371. The van der Waals surface area contributed by atoms with Crippen LogP contribution in [0.15, 0.2) is 18.5 Å². The van der Waals surface area contributed by atoms with Gasteiger partial charge in [0.25, 0.3) is 0 Å². The smallest absolute Gasteiger partial charge is 0.214 e. The van der Waals surface area contributed by atoms with Gasteiger partial charge in [0.15, 0.2) is 0 Å². The Labute approximate surface area is 82.4 Å². The van der Waals surface area contributed by atoms with E-state index in [9.17, 15) is 8.42 Å². The monoisotopic (exact) mass is 213 g/mol. The Hall–Kier alpha value is -1.14. The van der Waals surface area contributed by atoms with Crippen LogP contribution in [0, 0.1) is 0 Å². The zero-order valence-electron chi connectivity index (χ0n) is 7.47. The Balaban J connectivity index is 2.30. The second-order valence-electron chi connectivity index (χ2n) is 3.33. The molecular formula is C8H11N3O2S. The fourth-order valence-corrected chi connectivity index (χ4v) is 2.26. The Morgan fingerprint density at radius 3 is 3.07 bits per heavy atom. The molecule has 1 aromatic rings. The number of rotatable bonds is 1. The number of sulfonamides is 1. The zero-order chi connectivity index (χ0) is 10.2. The van der Waals surface area contributed by atoms with E-state index in [0.29, 0.717) is 13.0 Å². The van der Waals surface area contributed by atoms with Crippen LogP contribution in [0.5, 0.6) is 0 Å². The van der Waals surface area contributed by atoms with Crippen molar-refractivity contribution in [2.45, 2.75) is 11.7 Å². The molecule has 0 fully saturated rings. The summed E-state index contributed by atoms with van der Waals surface area (Å²) in [6.45, 7) is 0.371. The molecule has 76 valence electrons. The van der Waals surface area contributed by atoms with E-state index in [0.717, 1.165) is 11.3 Å². The number of hydrogen-bond donors (Lipinski definition) is 2. The molecule has 14 heavy (non-hydrogen) atoms. The molecule has 2 rings (SSSR count). The zero-order valence-corrected chi connectivity index (χ0v) is 8.29. The highest BCUT2D eigenvalue weighted by molar-refractivity contribution is 7.89. The van der Waals surface area contributed by atoms with Crippen molar-refractivity contribution in [1.82, 2.24) is 4.98 Å². The topological polar surface area (TPSA) is 85.1 Å². The van der Waals surface area contributed by atoms with Gasteiger partial charge in [-0.1, -0.05) is 0 Å². The predicted molar refractivity (Wildman–Crippen MR) is 53.3 cm³/mol. The average Bonchev–Trinajstić information content (AvgIpc) is 2.16. The van der Waals surface area contributed by atoms with E-state index >= 15 is 0 Å². The van der Waals surface area contributed by atoms with Crippen molar-refractivity contribution in [3.05, 3.63) is 24.0 Å². The summed E-state index contributed by atoms with van der Waals surface area (Å²) >= 11 is 0. The van der Waals surface area contributed by atoms with Gasteiger partial charge in [-0.2, -0.15) is 0 Å². The first-order chi connectivity index (χ1) is 6.57. The summed E-state index contributed by atoms with van der Waals surface area (Å²) in [5.74, 6) is 0. The first kappa shape index (κ1) is 9.42. The third kappa shape index (κ3) is 1.71. The first-order valence-electron chi connectivity index (χ1n) is 4.26. The molecule has 0 radical (unpaired) electrons. The highest BCUT2D eigenvalue weighted by Crippen LogP contribution is 2.22. The summed E-state index contributed by atoms with van der Waals surface area (Å²) < 4.78 is 22.2. The number of pyridine rings is 1. The Kier molecular flexibility index (Phi) is 2.16. The quantitative estimate of drug-likeness (QED) is 0.671. The third-order valence-electron chi connectivity index (χ3n) is 2.34. The van der Waals surface area contributed by atoms with Crippen molar-refractivity contribution in [3.8, 4) is 0 Å². The van der Waals surface area contributed by atoms with Crippen molar-refractivity contribution in [2.75, 3.05) is 11.9 Å². The van der Waals surface area contributed by atoms with Crippen molar-refractivity contribution < 1.29 is 8.42 Å².